The second-order valence-corrected chi connectivity index (χ2v) is 5.22. The monoisotopic (exact) mass is 307 g/mol. The summed E-state index contributed by atoms with van der Waals surface area (Å²) in [5, 5.41) is 30.4. The molecular weight excluding hydrogens is 290 g/mol. The minimum Gasteiger partial charge on any atom is -0.394 e. The number of rotatable bonds is 4. The Kier molecular flexibility index (Phi) is 3.57. The van der Waals surface area contributed by atoms with Crippen molar-refractivity contribution in [2.45, 2.75) is 30.5 Å². The van der Waals surface area contributed by atoms with Crippen molar-refractivity contribution in [3.63, 3.8) is 0 Å². The van der Waals surface area contributed by atoms with Gasteiger partial charge in [0.15, 0.2) is 17.7 Å². The van der Waals surface area contributed by atoms with Crippen molar-refractivity contribution in [1.29, 1.82) is 0 Å². The largest absolute Gasteiger partial charge is 0.394 e. The van der Waals surface area contributed by atoms with Crippen molar-refractivity contribution in [2.75, 3.05) is 12.3 Å². The van der Waals surface area contributed by atoms with Crippen LogP contribution < -0.4 is 5.73 Å². The maximum absolute atomic E-state index is 10.8. The van der Waals surface area contributed by atoms with Crippen LogP contribution in [0.5, 0.6) is 0 Å². The Labute approximate surface area is 125 Å². The fraction of sp³-hybridized carbons (Fsp3) is 0.462. The zero-order valence-corrected chi connectivity index (χ0v) is 11.7. The van der Waals surface area contributed by atoms with Crippen LogP contribution >= 0.6 is 0 Å². The number of ether oxygens (including phenoxy) is 1. The van der Waals surface area contributed by atoms with Gasteiger partial charge in [0.25, 0.3) is 0 Å². The van der Waals surface area contributed by atoms with Crippen LogP contribution in [0.15, 0.2) is 25.3 Å². The third kappa shape index (κ3) is 1.98. The first-order chi connectivity index (χ1) is 10.5. The highest BCUT2D eigenvalue weighted by Gasteiger charge is 2.55. The van der Waals surface area contributed by atoms with Gasteiger partial charge >= 0.3 is 0 Å². The summed E-state index contributed by atoms with van der Waals surface area (Å²) in [5.41, 5.74) is 4.81. The summed E-state index contributed by atoms with van der Waals surface area (Å²) in [6, 6.07) is 0. The van der Waals surface area contributed by atoms with Crippen LogP contribution in [0.1, 0.15) is 12.6 Å². The molecular formula is C13H17N5O4. The van der Waals surface area contributed by atoms with E-state index in [0.29, 0.717) is 11.2 Å². The van der Waals surface area contributed by atoms with Crippen LogP contribution in [0.3, 0.4) is 0 Å². The quantitative estimate of drug-likeness (QED) is 0.525. The molecule has 0 bridgehead atoms. The zero-order chi connectivity index (χ0) is 15.9. The highest BCUT2D eigenvalue weighted by Crippen LogP contribution is 2.42. The Morgan fingerprint density at radius 1 is 1.45 bits per heavy atom. The predicted octanol–water partition coefficient (Wildman–Crippen LogP) is -1.03. The van der Waals surface area contributed by atoms with E-state index in [9.17, 15) is 15.3 Å². The average Bonchev–Trinajstić information content (AvgIpc) is 3.02. The molecule has 9 nitrogen and oxygen atoms in total. The summed E-state index contributed by atoms with van der Waals surface area (Å²) in [7, 11) is 0. The maximum atomic E-state index is 10.8. The van der Waals surface area contributed by atoms with E-state index in [-0.39, 0.29) is 12.2 Å². The number of aliphatic hydroxyl groups excluding tert-OH is 2. The number of aromatic nitrogens is 4. The van der Waals surface area contributed by atoms with Crippen molar-refractivity contribution in [3.8, 4) is 0 Å². The smallest absolute Gasteiger partial charge is 0.168 e. The van der Waals surface area contributed by atoms with Gasteiger partial charge in [0.05, 0.1) is 12.9 Å². The molecule has 3 rings (SSSR count). The molecule has 0 saturated carbocycles. The first-order valence-corrected chi connectivity index (χ1v) is 6.73. The first-order valence-electron chi connectivity index (χ1n) is 6.73. The van der Waals surface area contributed by atoms with Gasteiger partial charge in [0, 0.05) is 6.42 Å². The van der Waals surface area contributed by atoms with Gasteiger partial charge in [-0.25, -0.2) is 15.0 Å². The third-order valence-electron chi connectivity index (χ3n) is 3.89. The summed E-state index contributed by atoms with van der Waals surface area (Å²) in [6.45, 7) is 3.16. The van der Waals surface area contributed by atoms with Gasteiger partial charge in [-0.15, -0.1) is 6.58 Å². The maximum Gasteiger partial charge on any atom is 0.168 e. The van der Waals surface area contributed by atoms with E-state index in [2.05, 4.69) is 21.5 Å². The lowest BCUT2D eigenvalue weighted by molar-refractivity contribution is -0.105. The molecule has 0 amide bonds. The number of nitrogens with zero attached hydrogens (tertiary/aromatic N) is 4. The Morgan fingerprint density at radius 3 is 2.91 bits per heavy atom. The zero-order valence-electron chi connectivity index (χ0n) is 11.7. The molecule has 4 unspecified atom stereocenters. The van der Waals surface area contributed by atoms with Crippen molar-refractivity contribution < 1.29 is 20.1 Å². The van der Waals surface area contributed by atoms with Gasteiger partial charge in [-0.05, 0) is 0 Å². The fourth-order valence-corrected chi connectivity index (χ4v) is 2.77. The summed E-state index contributed by atoms with van der Waals surface area (Å²) < 4.78 is 7.08. The lowest BCUT2D eigenvalue weighted by Gasteiger charge is -2.30. The fourth-order valence-electron chi connectivity index (χ4n) is 2.77. The van der Waals surface area contributed by atoms with E-state index < -0.39 is 30.6 Å². The Bertz CT molecular complexity index is 705. The third-order valence-corrected chi connectivity index (χ3v) is 3.89. The van der Waals surface area contributed by atoms with Crippen molar-refractivity contribution in [3.05, 3.63) is 25.3 Å². The molecule has 1 aliphatic rings. The predicted molar refractivity (Wildman–Crippen MR) is 76.5 cm³/mol. The first kappa shape index (κ1) is 14.9. The van der Waals surface area contributed by atoms with E-state index in [1.165, 1.54) is 23.3 Å². The summed E-state index contributed by atoms with van der Waals surface area (Å²) >= 11 is 0. The molecule has 1 saturated heterocycles. The molecule has 0 aromatic carbocycles. The topological polar surface area (TPSA) is 140 Å². The Hall–Kier alpha value is -2.07. The Morgan fingerprint density at radius 2 is 2.23 bits per heavy atom. The molecule has 118 valence electrons. The van der Waals surface area contributed by atoms with Crippen LogP contribution in [-0.4, -0.2) is 59.3 Å². The highest BCUT2D eigenvalue weighted by atomic mass is 16.6. The number of anilines is 1. The van der Waals surface area contributed by atoms with E-state index in [1.54, 1.807) is 0 Å². The SMILES string of the molecule is C=CCC1(O)C(O)C(CO)OC1n1cnc2c(N)ncnc21. The van der Waals surface area contributed by atoms with Gasteiger partial charge in [-0.3, -0.25) is 4.57 Å². The second-order valence-electron chi connectivity index (χ2n) is 5.22. The molecule has 4 atom stereocenters. The van der Waals surface area contributed by atoms with Crippen molar-refractivity contribution in [2.24, 2.45) is 0 Å². The molecule has 0 aliphatic carbocycles. The van der Waals surface area contributed by atoms with Gasteiger partial charge in [0.2, 0.25) is 0 Å². The molecule has 5 N–H and O–H groups in total. The number of nitrogen functional groups attached to an aromatic ring is 1. The van der Waals surface area contributed by atoms with Crippen molar-refractivity contribution in [1.82, 2.24) is 19.5 Å². The number of hydrogen-bond acceptors (Lipinski definition) is 8. The summed E-state index contributed by atoms with van der Waals surface area (Å²) in [4.78, 5) is 12.1. The Balaban J connectivity index is 2.11. The van der Waals surface area contributed by atoms with Crippen LogP contribution in [0.2, 0.25) is 0 Å². The molecule has 0 spiro atoms. The van der Waals surface area contributed by atoms with Gasteiger partial charge in [-0.1, -0.05) is 6.08 Å². The molecule has 1 aliphatic heterocycles. The molecule has 3 heterocycles. The molecule has 9 heteroatoms. The molecule has 2 aromatic rings. The number of hydrogen-bond donors (Lipinski definition) is 4. The van der Waals surface area contributed by atoms with Crippen molar-refractivity contribution >= 4 is 17.0 Å². The van der Waals surface area contributed by atoms with E-state index in [4.69, 9.17) is 10.5 Å². The standard InChI is InChI=1S/C13H17N5O4/c1-2-3-13(21)9(20)7(4-19)22-12(13)18-6-17-8-10(14)15-5-16-11(8)18/h2,5-7,9,12,19-21H,1,3-4H2,(H2,14,15,16). The van der Waals surface area contributed by atoms with Crippen LogP contribution in [0.4, 0.5) is 5.82 Å². The number of imidazole rings is 1. The number of fused-ring (bicyclic) bond motifs is 1. The van der Waals surface area contributed by atoms with E-state index >= 15 is 0 Å². The minimum atomic E-state index is -1.66. The second kappa shape index (κ2) is 5.29. The average molecular weight is 307 g/mol. The molecule has 2 aromatic heterocycles. The lowest BCUT2D eigenvalue weighted by Crippen LogP contribution is -2.46. The molecule has 1 fully saturated rings. The lowest BCUT2D eigenvalue weighted by atomic mass is 9.90. The van der Waals surface area contributed by atoms with Gasteiger partial charge in [0.1, 0.15) is 29.7 Å². The van der Waals surface area contributed by atoms with Crippen LogP contribution in [-0.2, 0) is 4.74 Å². The minimum absolute atomic E-state index is 0.0651. The number of nitrogens with two attached hydrogens (primary N) is 1. The molecule has 0 radical (unpaired) electrons. The highest BCUT2D eigenvalue weighted by molar-refractivity contribution is 5.81. The normalized spacial score (nSPS) is 31.7. The van der Waals surface area contributed by atoms with Crippen LogP contribution in [0.25, 0.3) is 11.2 Å². The van der Waals surface area contributed by atoms with E-state index in [0.717, 1.165) is 0 Å². The van der Waals surface area contributed by atoms with Crippen LogP contribution in [0, 0.1) is 0 Å². The van der Waals surface area contributed by atoms with Gasteiger partial charge in [-0.2, -0.15) is 0 Å². The summed E-state index contributed by atoms with van der Waals surface area (Å²) in [6.07, 6.45) is 1.02. The molecule has 22 heavy (non-hydrogen) atoms. The number of aliphatic hydroxyl groups is 3. The van der Waals surface area contributed by atoms with E-state index in [1.807, 2.05) is 0 Å². The summed E-state index contributed by atoms with van der Waals surface area (Å²) in [5.74, 6) is 0.202. The van der Waals surface area contributed by atoms with Gasteiger partial charge < -0.3 is 25.8 Å².